The Morgan fingerprint density at radius 3 is 2.46 bits per heavy atom. The average molecular weight is 524 g/mol. The predicted molar refractivity (Wildman–Crippen MR) is 118 cm³/mol. The summed E-state index contributed by atoms with van der Waals surface area (Å²) in [6, 6.07) is 1.27. The van der Waals surface area contributed by atoms with E-state index in [0.717, 1.165) is 0 Å². The third-order valence-corrected chi connectivity index (χ3v) is 7.12. The number of esters is 1. The van der Waals surface area contributed by atoms with Gasteiger partial charge in [-0.15, -0.1) is 0 Å². The van der Waals surface area contributed by atoms with E-state index >= 15 is 0 Å². The monoisotopic (exact) mass is 524 g/mol. The molecule has 5 rings (SSSR count). The van der Waals surface area contributed by atoms with Gasteiger partial charge in [-0.2, -0.15) is 13.2 Å². The number of imide groups is 2. The summed E-state index contributed by atoms with van der Waals surface area (Å²) in [5.74, 6) is -6.68. The maximum Gasteiger partial charge on any atom is 0.491 e. The zero-order valence-corrected chi connectivity index (χ0v) is 19.5. The molecule has 37 heavy (non-hydrogen) atoms. The zero-order chi connectivity index (χ0) is 26.5. The van der Waals surface area contributed by atoms with Crippen molar-refractivity contribution in [2.45, 2.75) is 43.5 Å². The molecular weight excluding hydrogens is 501 g/mol. The van der Waals surface area contributed by atoms with Gasteiger partial charge in [-0.25, -0.2) is 4.79 Å². The van der Waals surface area contributed by atoms with Crippen LogP contribution in [0.2, 0.25) is 0 Å². The maximum absolute atomic E-state index is 13.4. The van der Waals surface area contributed by atoms with Gasteiger partial charge in [0.05, 0.1) is 29.0 Å². The van der Waals surface area contributed by atoms with Crippen LogP contribution in [0.3, 0.4) is 0 Å². The Hall–Kier alpha value is -3.52. The highest BCUT2D eigenvalue weighted by Gasteiger charge is 2.49. The molecule has 1 spiro atoms. The van der Waals surface area contributed by atoms with Crippen molar-refractivity contribution in [1.29, 1.82) is 0 Å². The van der Waals surface area contributed by atoms with Gasteiger partial charge in [0.25, 0.3) is 11.8 Å². The molecule has 0 bridgehead atoms. The highest BCUT2D eigenvalue weighted by molar-refractivity contribution is 6.25. The Morgan fingerprint density at radius 1 is 1.11 bits per heavy atom. The molecule has 0 aliphatic carbocycles. The fourth-order valence-electron chi connectivity index (χ4n) is 5.20. The van der Waals surface area contributed by atoms with Gasteiger partial charge >= 0.3 is 12.1 Å². The van der Waals surface area contributed by atoms with Crippen LogP contribution in [0.25, 0.3) is 0 Å². The van der Waals surface area contributed by atoms with Gasteiger partial charge in [0, 0.05) is 32.6 Å². The Labute approximate surface area is 208 Å². The first-order valence-electron chi connectivity index (χ1n) is 11.8. The van der Waals surface area contributed by atoms with Crippen molar-refractivity contribution >= 4 is 35.3 Å². The van der Waals surface area contributed by atoms with E-state index in [2.05, 4.69) is 5.32 Å². The van der Waals surface area contributed by atoms with E-state index in [9.17, 15) is 37.1 Å². The molecule has 2 N–H and O–H groups in total. The average Bonchev–Trinajstić information content (AvgIpc) is 3.10. The summed E-state index contributed by atoms with van der Waals surface area (Å²) in [5, 5.41) is 5.31. The number of hydrogen-bond donors (Lipinski definition) is 2. The van der Waals surface area contributed by atoms with Gasteiger partial charge in [0.1, 0.15) is 6.04 Å². The number of rotatable bonds is 3. The van der Waals surface area contributed by atoms with Crippen LogP contribution in [0, 0.1) is 0 Å². The first-order chi connectivity index (χ1) is 17.5. The Morgan fingerprint density at radius 2 is 1.84 bits per heavy atom. The third kappa shape index (κ3) is 4.44. The van der Waals surface area contributed by atoms with Crippen LogP contribution in [-0.2, 0) is 19.1 Å². The highest BCUT2D eigenvalue weighted by Crippen LogP contribution is 2.43. The molecule has 0 saturated carbocycles. The minimum Gasteiger partial charge on any atom is -0.417 e. The Kier molecular flexibility index (Phi) is 6.18. The summed E-state index contributed by atoms with van der Waals surface area (Å²) in [7, 11) is 0. The van der Waals surface area contributed by atoms with Gasteiger partial charge in [-0.3, -0.25) is 29.4 Å². The molecule has 14 heteroatoms. The van der Waals surface area contributed by atoms with E-state index in [1.165, 1.54) is 12.1 Å². The van der Waals surface area contributed by atoms with Crippen molar-refractivity contribution in [3.8, 4) is 5.75 Å². The van der Waals surface area contributed by atoms with E-state index < -0.39 is 58.7 Å². The van der Waals surface area contributed by atoms with Gasteiger partial charge in [0.15, 0.2) is 5.75 Å². The van der Waals surface area contributed by atoms with Crippen LogP contribution in [0.5, 0.6) is 5.75 Å². The lowest BCUT2D eigenvalue weighted by atomic mass is 9.89. The molecule has 11 nitrogen and oxygen atoms in total. The van der Waals surface area contributed by atoms with Crippen molar-refractivity contribution in [2.24, 2.45) is 0 Å². The summed E-state index contributed by atoms with van der Waals surface area (Å²) < 4.78 is 50.2. The number of amides is 4. The minimum atomic E-state index is -5.36. The number of alkyl halides is 3. The van der Waals surface area contributed by atoms with Crippen LogP contribution in [0.4, 0.5) is 18.9 Å². The number of benzene rings is 1. The van der Waals surface area contributed by atoms with Gasteiger partial charge in [-0.1, -0.05) is 0 Å². The molecule has 1 unspecified atom stereocenters. The highest BCUT2D eigenvalue weighted by atomic mass is 19.4. The zero-order valence-electron chi connectivity index (χ0n) is 19.5. The molecule has 4 aliphatic heterocycles. The normalized spacial score (nSPS) is 23.8. The molecule has 198 valence electrons. The first kappa shape index (κ1) is 25.1. The number of carbonyl (C=O) groups is 5. The van der Waals surface area contributed by atoms with Crippen molar-refractivity contribution in [3.05, 3.63) is 23.3 Å². The molecular formula is C23H23F3N4O7. The van der Waals surface area contributed by atoms with Crippen LogP contribution in [0.1, 0.15) is 46.4 Å². The van der Waals surface area contributed by atoms with Crippen molar-refractivity contribution < 1.29 is 46.6 Å². The maximum atomic E-state index is 13.4. The van der Waals surface area contributed by atoms with Gasteiger partial charge in [0.2, 0.25) is 11.8 Å². The fraction of sp³-hybridized carbons (Fsp3) is 0.522. The number of nitrogens with zero attached hydrogens (tertiary/aromatic N) is 2. The number of anilines is 1. The molecule has 1 aromatic rings. The van der Waals surface area contributed by atoms with Crippen molar-refractivity contribution in [2.75, 3.05) is 37.7 Å². The van der Waals surface area contributed by atoms with E-state index in [1.54, 1.807) is 4.90 Å². The van der Waals surface area contributed by atoms with E-state index in [4.69, 9.17) is 9.47 Å². The molecule has 1 atom stereocenters. The van der Waals surface area contributed by atoms with Gasteiger partial charge < -0.3 is 19.7 Å². The summed E-state index contributed by atoms with van der Waals surface area (Å²) in [6.45, 7) is 2.52. The molecule has 3 fully saturated rings. The number of carbonyl (C=O) groups excluding carboxylic acids is 5. The van der Waals surface area contributed by atoms with Crippen molar-refractivity contribution in [3.63, 3.8) is 0 Å². The minimum absolute atomic E-state index is 0.0428. The van der Waals surface area contributed by atoms with Crippen LogP contribution in [0.15, 0.2) is 12.1 Å². The quantitative estimate of drug-likeness (QED) is 0.330. The Bertz CT molecular complexity index is 1190. The smallest absolute Gasteiger partial charge is 0.417 e. The van der Waals surface area contributed by atoms with Crippen LogP contribution < -0.4 is 20.3 Å². The number of fused-ring (bicyclic) bond motifs is 1. The second-order valence-electron chi connectivity index (χ2n) is 9.37. The summed E-state index contributed by atoms with van der Waals surface area (Å²) in [4.78, 5) is 64.5. The lowest BCUT2D eigenvalue weighted by Crippen LogP contribution is -2.55. The molecule has 0 radical (unpaired) electrons. The van der Waals surface area contributed by atoms with Crippen LogP contribution >= 0.6 is 0 Å². The summed E-state index contributed by atoms with van der Waals surface area (Å²) >= 11 is 0. The van der Waals surface area contributed by atoms with E-state index in [-0.39, 0.29) is 24.1 Å². The van der Waals surface area contributed by atoms with Gasteiger partial charge in [-0.05, 0) is 31.4 Å². The standard InChI is InChI=1S/C23H23F3N4O7/c24-23(25,26)21(35)37-17-13(29-8-5-22(6-9-29)11-27-7-10-36-22)2-1-12-16(17)20(34)30(19(12)33)14-3-4-15(31)28-18(14)32/h1-2,14,27H,3-11H2,(H,28,31,32). The molecule has 4 aliphatic rings. The summed E-state index contributed by atoms with van der Waals surface area (Å²) in [6.07, 6.45) is -4.57. The van der Waals surface area contributed by atoms with Crippen LogP contribution in [-0.4, -0.2) is 85.1 Å². The number of ether oxygens (including phenoxy) is 2. The largest absolute Gasteiger partial charge is 0.491 e. The number of piperidine rings is 2. The van der Waals surface area contributed by atoms with E-state index in [1.807, 2.05) is 5.32 Å². The fourth-order valence-corrected chi connectivity index (χ4v) is 5.20. The van der Waals surface area contributed by atoms with E-state index in [0.29, 0.717) is 50.5 Å². The lowest BCUT2D eigenvalue weighted by molar-refractivity contribution is -0.189. The molecule has 0 aromatic heterocycles. The number of halogens is 3. The molecule has 3 saturated heterocycles. The molecule has 4 amide bonds. The second kappa shape index (κ2) is 9.10. The Balaban J connectivity index is 1.50. The number of hydrogen-bond acceptors (Lipinski definition) is 9. The first-order valence-corrected chi connectivity index (χ1v) is 11.8. The lowest BCUT2D eigenvalue weighted by Gasteiger charge is -2.45. The predicted octanol–water partition coefficient (Wildman–Crippen LogP) is 0.514. The number of morpholine rings is 1. The topological polar surface area (TPSA) is 134 Å². The third-order valence-electron chi connectivity index (χ3n) is 7.12. The summed E-state index contributed by atoms with van der Waals surface area (Å²) in [5.41, 5.74) is -1.21. The number of nitrogens with one attached hydrogen (secondary N) is 2. The molecule has 4 heterocycles. The molecule has 1 aromatic carbocycles. The second-order valence-corrected chi connectivity index (χ2v) is 9.37. The van der Waals surface area contributed by atoms with Crippen molar-refractivity contribution in [1.82, 2.24) is 15.5 Å². The SMILES string of the molecule is O=C1CCC(N2C(=O)c3ccc(N4CCC5(CC4)CNCCO5)c(OC(=O)C(F)(F)F)c3C2=O)C(=O)N1.